The molecule has 4 rings (SSSR count). The van der Waals surface area contributed by atoms with Gasteiger partial charge < -0.3 is 73.7 Å². The van der Waals surface area contributed by atoms with Crippen molar-refractivity contribution in [3.8, 4) is 11.1 Å². The number of imide groups is 1. The number of halogens is 2. The van der Waals surface area contributed by atoms with Crippen LogP contribution in [0.3, 0.4) is 0 Å². The van der Waals surface area contributed by atoms with E-state index in [0.717, 1.165) is 28.7 Å². The van der Waals surface area contributed by atoms with E-state index in [1.165, 1.54) is 19.1 Å². The van der Waals surface area contributed by atoms with Crippen molar-refractivity contribution in [2.45, 2.75) is 85.5 Å². The highest BCUT2D eigenvalue weighted by atomic mass is 19.1. The minimum Gasteiger partial charge on any atom is -0.387 e. The maximum atomic E-state index is 15.2. The lowest BCUT2D eigenvalue weighted by Crippen LogP contribution is -2.54. The topological polar surface area (TPSA) is 273 Å². The second-order valence-electron chi connectivity index (χ2n) is 21.5. The summed E-state index contributed by atoms with van der Waals surface area (Å²) in [6.07, 6.45) is 4.38. The predicted octanol–water partition coefficient (Wildman–Crippen LogP) is 3.50. The molecular formula is C61H89F2N7O16. The van der Waals surface area contributed by atoms with Gasteiger partial charge in [-0.05, 0) is 54.5 Å². The molecule has 3 aromatic rings. The van der Waals surface area contributed by atoms with Gasteiger partial charge >= 0.3 is 0 Å². The number of hydrogen-bond donors (Lipinski definition) is 5. The van der Waals surface area contributed by atoms with E-state index in [1.54, 1.807) is 31.0 Å². The molecule has 0 bridgehead atoms. The number of aromatic nitrogens is 1. The Labute approximate surface area is 503 Å². The van der Waals surface area contributed by atoms with Crippen LogP contribution < -0.4 is 21.3 Å². The second-order valence-corrected chi connectivity index (χ2v) is 21.5. The fraction of sp³-hybridized carbons (Fsp3) is 0.590. The van der Waals surface area contributed by atoms with E-state index < -0.39 is 77.2 Å². The molecule has 0 radical (unpaired) electrons. The van der Waals surface area contributed by atoms with Gasteiger partial charge in [-0.3, -0.25) is 38.5 Å². The highest BCUT2D eigenvalue weighted by Gasteiger charge is 2.37. The van der Waals surface area contributed by atoms with Crippen molar-refractivity contribution in [3.05, 3.63) is 95.8 Å². The molecule has 86 heavy (non-hydrogen) atoms. The van der Waals surface area contributed by atoms with E-state index in [-0.39, 0.29) is 76.1 Å². The van der Waals surface area contributed by atoms with Crippen LogP contribution in [0.4, 0.5) is 8.78 Å². The Bertz CT molecular complexity index is 2560. The summed E-state index contributed by atoms with van der Waals surface area (Å²) < 4.78 is 75.4. The van der Waals surface area contributed by atoms with Gasteiger partial charge in [0.05, 0.1) is 112 Å². The first-order valence-corrected chi connectivity index (χ1v) is 29.2. The van der Waals surface area contributed by atoms with Crippen LogP contribution in [0.1, 0.15) is 78.1 Å². The standard InChI is InChI=1S/C61H89F2N7O16/c1-44(2)57(67-53(73)18-23-79-25-27-81-29-31-83-33-35-85-37-38-86-36-34-84-32-30-82-28-26-80-24-20-64-52(72)17-22-69-54(74)15-16-55(69)75)60(78)66-45(3)59(77)65-19-10-21-70(56(76)43-71)58(61(4,5)6)51-39-47(49-40-48(62)13-14-50(49)63)42-68(51)41-46-11-8-7-9-12-46/h7-9,11-16,39-40,42,44-45,57-58,71H,10,17-38,41,43H2,1-6H3,(H,64,72)(H,65,77)(H,66,78)(H,67,73)/t45-,57?,58-/m0/s1. The summed E-state index contributed by atoms with van der Waals surface area (Å²) in [5.74, 6) is -4.62. The van der Waals surface area contributed by atoms with Crippen LogP contribution in [-0.2, 0) is 78.0 Å². The second kappa shape index (κ2) is 40.0. The van der Waals surface area contributed by atoms with Crippen LogP contribution in [0, 0.1) is 23.0 Å². The molecule has 0 spiro atoms. The minimum absolute atomic E-state index is 0.00824. The summed E-state index contributed by atoms with van der Waals surface area (Å²) in [6.45, 7) is 16.5. The number of hydrogen-bond acceptors (Lipinski definition) is 16. The van der Waals surface area contributed by atoms with E-state index in [1.807, 2.05) is 55.7 Å². The molecule has 0 fully saturated rings. The van der Waals surface area contributed by atoms with Crippen LogP contribution in [0.25, 0.3) is 11.1 Å². The van der Waals surface area contributed by atoms with E-state index in [4.69, 9.17) is 37.9 Å². The van der Waals surface area contributed by atoms with Crippen LogP contribution in [0.15, 0.2) is 72.9 Å². The van der Waals surface area contributed by atoms with Gasteiger partial charge in [0, 0.05) is 80.7 Å². The van der Waals surface area contributed by atoms with Gasteiger partial charge in [0.25, 0.3) is 11.8 Å². The van der Waals surface area contributed by atoms with Crippen molar-refractivity contribution in [1.82, 2.24) is 35.6 Å². The molecule has 0 saturated carbocycles. The Hall–Kier alpha value is -6.55. The van der Waals surface area contributed by atoms with Crippen molar-refractivity contribution >= 4 is 41.4 Å². The Balaban J connectivity index is 0.999. The molecule has 5 N–H and O–H groups in total. The third-order valence-electron chi connectivity index (χ3n) is 13.2. The molecule has 23 nitrogen and oxygen atoms in total. The molecule has 7 amide bonds. The zero-order valence-electron chi connectivity index (χ0n) is 50.6. The molecule has 25 heteroatoms. The Morgan fingerprint density at radius 3 is 1.69 bits per heavy atom. The summed E-state index contributed by atoms with van der Waals surface area (Å²) in [6, 6.07) is 12.0. The highest BCUT2D eigenvalue weighted by Crippen LogP contribution is 2.41. The smallest absolute Gasteiger partial charge is 0.253 e. The zero-order chi connectivity index (χ0) is 62.7. The van der Waals surface area contributed by atoms with Crippen LogP contribution in [0.5, 0.6) is 0 Å². The number of carbonyl (C=O) groups excluding carboxylic acids is 7. The van der Waals surface area contributed by atoms with Gasteiger partial charge in [-0.25, -0.2) is 8.78 Å². The van der Waals surface area contributed by atoms with Gasteiger partial charge in [-0.1, -0.05) is 65.0 Å². The van der Waals surface area contributed by atoms with E-state index in [2.05, 4.69) is 21.3 Å². The average molecular weight is 1210 g/mol. The third-order valence-corrected chi connectivity index (χ3v) is 13.2. The number of ether oxygens (including phenoxy) is 8. The molecule has 2 aromatic carbocycles. The van der Waals surface area contributed by atoms with Crippen molar-refractivity contribution < 1.29 is 85.3 Å². The third kappa shape index (κ3) is 27.0. The highest BCUT2D eigenvalue weighted by molar-refractivity contribution is 6.13. The fourth-order valence-electron chi connectivity index (χ4n) is 8.89. The molecular weight excluding hydrogens is 1120 g/mol. The summed E-state index contributed by atoms with van der Waals surface area (Å²) in [5.41, 5.74) is 1.43. The fourth-order valence-corrected chi connectivity index (χ4v) is 8.89. The van der Waals surface area contributed by atoms with Gasteiger partial charge in [0.2, 0.25) is 29.5 Å². The summed E-state index contributed by atoms with van der Waals surface area (Å²) >= 11 is 0. The maximum Gasteiger partial charge on any atom is 0.253 e. The number of nitrogens with one attached hydrogen (secondary N) is 4. The number of aliphatic hydroxyl groups excluding tert-OH is 1. The molecule has 478 valence electrons. The van der Waals surface area contributed by atoms with E-state index in [0.29, 0.717) is 110 Å². The maximum absolute atomic E-state index is 15.2. The number of amides is 7. The molecule has 2 heterocycles. The lowest BCUT2D eigenvalue weighted by molar-refractivity contribution is -0.140. The number of nitrogens with zero attached hydrogens (tertiary/aromatic N) is 3. The first-order valence-electron chi connectivity index (χ1n) is 29.2. The molecule has 3 atom stereocenters. The van der Waals surface area contributed by atoms with Crippen molar-refractivity contribution in [2.75, 3.05) is 138 Å². The Morgan fingerprint density at radius 2 is 1.16 bits per heavy atom. The molecule has 0 saturated heterocycles. The van der Waals surface area contributed by atoms with Crippen molar-refractivity contribution in [2.24, 2.45) is 11.3 Å². The lowest BCUT2D eigenvalue weighted by Gasteiger charge is -2.41. The number of benzene rings is 2. The normalized spacial score (nSPS) is 13.5. The molecule has 1 unspecified atom stereocenters. The average Bonchev–Trinajstić information content (AvgIpc) is 1.83. The van der Waals surface area contributed by atoms with Crippen molar-refractivity contribution in [3.63, 3.8) is 0 Å². The van der Waals surface area contributed by atoms with Gasteiger partial charge in [0.15, 0.2) is 0 Å². The van der Waals surface area contributed by atoms with Crippen LogP contribution in [-0.4, -0.2) is 211 Å². The first-order chi connectivity index (χ1) is 41.3. The predicted molar refractivity (Wildman–Crippen MR) is 313 cm³/mol. The number of carbonyl (C=O) groups is 7. The minimum atomic E-state index is -0.975. The summed E-state index contributed by atoms with van der Waals surface area (Å²) in [7, 11) is 0. The largest absolute Gasteiger partial charge is 0.387 e. The van der Waals surface area contributed by atoms with Gasteiger partial charge in [-0.15, -0.1) is 0 Å². The van der Waals surface area contributed by atoms with E-state index >= 15 is 4.39 Å². The zero-order valence-corrected chi connectivity index (χ0v) is 50.6. The number of aliphatic hydroxyl groups is 1. The van der Waals surface area contributed by atoms with Crippen molar-refractivity contribution in [1.29, 1.82) is 0 Å². The monoisotopic (exact) mass is 1210 g/mol. The summed E-state index contributed by atoms with van der Waals surface area (Å²) in [5, 5.41) is 21.1. The van der Waals surface area contributed by atoms with Crippen LogP contribution in [0.2, 0.25) is 0 Å². The molecule has 1 aliphatic heterocycles. The molecule has 1 aliphatic rings. The molecule has 1 aromatic heterocycles. The molecule has 0 aliphatic carbocycles. The Kier molecular flexibility index (Phi) is 33.5. The van der Waals surface area contributed by atoms with E-state index in [9.17, 15) is 43.1 Å². The Morgan fingerprint density at radius 1 is 0.628 bits per heavy atom. The SMILES string of the molecule is CC(C)C(NC(=O)CCOCCOCCOCCOCCOCCOCCOCCOCCNC(=O)CCN1C(=O)C=CC1=O)C(=O)N[C@@H](C)C(=O)NCCCN(C(=O)CO)[C@@H](c1cc(-c2cc(F)ccc2F)cn1Cc1ccccc1)C(C)(C)C. The first kappa shape index (κ1) is 71.9. The summed E-state index contributed by atoms with van der Waals surface area (Å²) in [4.78, 5) is 90.5. The quantitative estimate of drug-likeness (QED) is 0.0400. The van der Waals surface area contributed by atoms with Gasteiger partial charge in [-0.2, -0.15) is 0 Å². The van der Waals surface area contributed by atoms with Crippen LogP contribution >= 0.6 is 0 Å². The van der Waals surface area contributed by atoms with Gasteiger partial charge in [0.1, 0.15) is 30.3 Å². The lowest BCUT2D eigenvalue weighted by atomic mass is 9.83. The number of rotatable bonds is 45.